The van der Waals surface area contributed by atoms with E-state index in [1.54, 1.807) is 0 Å². The molecule has 2 nitrogen and oxygen atoms in total. The van der Waals surface area contributed by atoms with Gasteiger partial charge < -0.3 is 4.74 Å². The lowest BCUT2D eigenvalue weighted by molar-refractivity contribution is 0.0572. The van der Waals surface area contributed by atoms with Crippen LogP contribution in [0.1, 0.15) is 37.0 Å². The summed E-state index contributed by atoms with van der Waals surface area (Å²) in [6, 6.07) is 10.5. The molecule has 15 heavy (non-hydrogen) atoms. The van der Waals surface area contributed by atoms with Crippen LogP contribution in [0.3, 0.4) is 0 Å². The van der Waals surface area contributed by atoms with Crippen molar-refractivity contribution >= 4 is 0 Å². The van der Waals surface area contributed by atoms with Gasteiger partial charge in [0.25, 0.3) is 0 Å². The molecule has 1 aromatic carbocycles. The fourth-order valence-corrected chi connectivity index (χ4v) is 1.52. The minimum atomic E-state index is 0.0650. The van der Waals surface area contributed by atoms with Gasteiger partial charge in [0, 0.05) is 13.0 Å². The molecule has 0 bridgehead atoms. The highest BCUT2D eigenvalue weighted by Gasteiger charge is 2.10. The zero-order valence-corrected chi connectivity index (χ0v) is 9.36. The monoisotopic (exact) mass is 203 g/mol. The van der Waals surface area contributed by atoms with Crippen LogP contribution in [0.5, 0.6) is 0 Å². The lowest BCUT2D eigenvalue weighted by Gasteiger charge is -2.16. The quantitative estimate of drug-likeness (QED) is 0.735. The molecule has 0 fully saturated rings. The summed E-state index contributed by atoms with van der Waals surface area (Å²) in [5.74, 6) is 0. The molecule has 2 heteroatoms. The maximum absolute atomic E-state index is 8.57. The lowest BCUT2D eigenvalue weighted by atomic mass is 10.0. The Morgan fingerprint density at radius 2 is 2.00 bits per heavy atom. The van der Waals surface area contributed by atoms with Crippen LogP contribution < -0.4 is 0 Å². The molecule has 0 aliphatic carbocycles. The third kappa shape index (κ3) is 3.73. The van der Waals surface area contributed by atoms with E-state index in [9.17, 15) is 0 Å². The first-order chi connectivity index (χ1) is 7.27. The van der Waals surface area contributed by atoms with Crippen LogP contribution in [-0.4, -0.2) is 6.61 Å². The van der Waals surface area contributed by atoms with Crippen LogP contribution in [0.25, 0.3) is 0 Å². The van der Waals surface area contributed by atoms with Gasteiger partial charge in [0.05, 0.1) is 12.2 Å². The molecule has 0 amide bonds. The lowest BCUT2D eigenvalue weighted by Crippen LogP contribution is -2.04. The highest BCUT2D eigenvalue weighted by atomic mass is 16.5. The van der Waals surface area contributed by atoms with Gasteiger partial charge in [0.2, 0.25) is 0 Å². The average molecular weight is 203 g/mol. The number of nitrogens with zero attached hydrogens (tertiary/aromatic N) is 1. The zero-order valence-electron chi connectivity index (χ0n) is 9.36. The van der Waals surface area contributed by atoms with Gasteiger partial charge in [0.15, 0.2) is 0 Å². The van der Waals surface area contributed by atoms with Crippen LogP contribution in [0.15, 0.2) is 24.3 Å². The second kappa shape index (κ2) is 6.21. The second-order valence-electron chi connectivity index (χ2n) is 3.55. The van der Waals surface area contributed by atoms with Gasteiger partial charge in [0.1, 0.15) is 0 Å². The Morgan fingerprint density at radius 3 is 2.53 bits per heavy atom. The first-order valence-electron chi connectivity index (χ1n) is 5.33. The van der Waals surface area contributed by atoms with Crippen molar-refractivity contribution in [3.63, 3.8) is 0 Å². The highest BCUT2D eigenvalue weighted by Crippen LogP contribution is 2.22. The van der Waals surface area contributed by atoms with E-state index in [1.807, 2.05) is 6.92 Å². The maximum atomic E-state index is 8.57. The van der Waals surface area contributed by atoms with Gasteiger partial charge >= 0.3 is 0 Å². The second-order valence-corrected chi connectivity index (χ2v) is 3.55. The van der Waals surface area contributed by atoms with Crippen molar-refractivity contribution in [1.29, 1.82) is 5.26 Å². The average Bonchev–Trinajstić information content (AvgIpc) is 2.25. The summed E-state index contributed by atoms with van der Waals surface area (Å²) in [4.78, 5) is 0. The van der Waals surface area contributed by atoms with Crippen molar-refractivity contribution in [2.75, 3.05) is 6.61 Å². The standard InChI is InChI=1S/C13H17NO/c1-3-15-13(5-4-10-14)12-8-6-11(2)7-9-12/h6-9,13H,3-5H2,1-2H3. The van der Waals surface area contributed by atoms with Crippen molar-refractivity contribution in [3.05, 3.63) is 35.4 Å². The Morgan fingerprint density at radius 1 is 1.33 bits per heavy atom. The van der Waals surface area contributed by atoms with E-state index < -0.39 is 0 Å². The van der Waals surface area contributed by atoms with Gasteiger partial charge in [-0.3, -0.25) is 0 Å². The Kier molecular flexibility index (Phi) is 4.86. The number of aryl methyl sites for hydroxylation is 1. The molecule has 0 N–H and O–H groups in total. The van der Waals surface area contributed by atoms with E-state index in [1.165, 1.54) is 5.56 Å². The highest BCUT2D eigenvalue weighted by molar-refractivity contribution is 5.23. The van der Waals surface area contributed by atoms with E-state index in [-0.39, 0.29) is 6.10 Å². The smallest absolute Gasteiger partial charge is 0.0834 e. The van der Waals surface area contributed by atoms with E-state index in [0.29, 0.717) is 13.0 Å². The predicted octanol–water partition coefficient (Wildman–Crippen LogP) is 3.38. The number of hydrogen-bond donors (Lipinski definition) is 0. The normalized spacial score (nSPS) is 12.1. The Bertz CT molecular complexity index is 323. The maximum Gasteiger partial charge on any atom is 0.0834 e. The summed E-state index contributed by atoms with van der Waals surface area (Å²) in [7, 11) is 0. The van der Waals surface area contributed by atoms with Crippen LogP contribution >= 0.6 is 0 Å². The van der Waals surface area contributed by atoms with Crippen LogP contribution in [0.4, 0.5) is 0 Å². The van der Waals surface area contributed by atoms with Crippen LogP contribution in [0.2, 0.25) is 0 Å². The summed E-state index contributed by atoms with van der Waals surface area (Å²) >= 11 is 0. The molecule has 1 unspecified atom stereocenters. The van der Waals surface area contributed by atoms with E-state index in [4.69, 9.17) is 10.00 Å². The van der Waals surface area contributed by atoms with Gasteiger partial charge in [-0.25, -0.2) is 0 Å². The minimum absolute atomic E-state index is 0.0650. The molecule has 1 rings (SSSR count). The van der Waals surface area contributed by atoms with Crippen molar-refractivity contribution in [3.8, 4) is 6.07 Å². The molecule has 0 aromatic heterocycles. The van der Waals surface area contributed by atoms with E-state index in [0.717, 1.165) is 12.0 Å². The first-order valence-corrected chi connectivity index (χ1v) is 5.33. The summed E-state index contributed by atoms with van der Waals surface area (Å²) < 4.78 is 5.62. The fraction of sp³-hybridized carbons (Fsp3) is 0.462. The largest absolute Gasteiger partial charge is 0.374 e. The third-order valence-electron chi connectivity index (χ3n) is 2.34. The summed E-state index contributed by atoms with van der Waals surface area (Å²) in [6.45, 7) is 4.73. The molecule has 0 heterocycles. The molecular formula is C13H17NO. The number of rotatable bonds is 5. The Hall–Kier alpha value is -1.33. The molecule has 0 spiro atoms. The molecule has 0 aliphatic heterocycles. The fourth-order valence-electron chi connectivity index (χ4n) is 1.52. The zero-order chi connectivity index (χ0) is 11.1. The Labute approximate surface area is 91.5 Å². The molecule has 0 saturated heterocycles. The molecule has 0 radical (unpaired) electrons. The van der Waals surface area contributed by atoms with Gasteiger partial charge in [-0.2, -0.15) is 5.26 Å². The Balaban J connectivity index is 2.70. The summed E-state index contributed by atoms with van der Waals surface area (Å²) in [5, 5.41) is 8.57. The molecule has 1 aromatic rings. The topological polar surface area (TPSA) is 33.0 Å². The number of benzene rings is 1. The SMILES string of the molecule is CCOC(CCC#N)c1ccc(C)cc1. The first kappa shape index (κ1) is 11.7. The van der Waals surface area contributed by atoms with Crippen molar-refractivity contribution in [2.45, 2.75) is 32.8 Å². The molecular weight excluding hydrogens is 186 g/mol. The van der Waals surface area contributed by atoms with Crippen molar-refractivity contribution in [1.82, 2.24) is 0 Å². The van der Waals surface area contributed by atoms with E-state index in [2.05, 4.69) is 37.3 Å². The van der Waals surface area contributed by atoms with Crippen LogP contribution in [0, 0.1) is 18.3 Å². The summed E-state index contributed by atoms with van der Waals surface area (Å²) in [6.07, 6.45) is 1.38. The van der Waals surface area contributed by atoms with Crippen LogP contribution in [-0.2, 0) is 4.74 Å². The van der Waals surface area contributed by atoms with Gasteiger partial charge in [-0.1, -0.05) is 29.8 Å². The molecule has 1 atom stereocenters. The molecule has 0 aliphatic rings. The van der Waals surface area contributed by atoms with E-state index >= 15 is 0 Å². The molecule has 0 saturated carbocycles. The third-order valence-corrected chi connectivity index (χ3v) is 2.34. The van der Waals surface area contributed by atoms with Gasteiger partial charge in [-0.05, 0) is 25.8 Å². The minimum Gasteiger partial charge on any atom is -0.374 e. The predicted molar refractivity (Wildman–Crippen MR) is 60.4 cm³/mol. The number of hydrogen-bond acceptors (Lipinski definition) is 2. The number of nitriles is 1. The number of ether oxygens (including phenoxy) is 1. The van der Waals surface area contributed by atoms with Crippen molar-refractivity contribution in [2.24, 2.45) is 0 Å². The molecule has 80 valence electrons. The summed E-state index contributed by atoms with van der Waals surface area (Å²) in [5.41, 5.74) is 2.41. The van der Waals surface area contributed by atoms with Crippen molar-refractivity contribution < 1.29 is 4.74 Å². The van der Waals surface area contributed by atoms with Gasteiger partial charge in [-0.15, -0.1) is 0 Å².